The van der Waals surface area contributed by atoms with Crippen LogP contribution in [0.4, 0.5) is 0 Å². The molecule has 0 bridgehead atoms. The fourth-order valence-electron chi connectivity index (χ4n) is 3.95. The zero-order valence-electron chi connectivity index (χ0n) is 17.2. The molecule has 1 aromatic rings. The summed E-state index contributed by atoms with van der Waals surface area (Å²) in [4.78, 5) is 20.1. The molecule has 0 aromatic heterocycles. The van der Waals surface area contributed by atoms with Crippen molar-refractivity contribution in [3.63, 3.8) is 0 Å². The molecule has 1 fully saturated rings. The number of carbonyl (C=O) groups excluding carboxylic acids is 1. The Bertz CT molecular complexity index is 865. The zero-order valence-corrected chi connectivity index (χ0v) is 17.2. The van der Waals surface area contributed by atoms with Crippen LogP contribution in [0.15, 0.2) is 46.8 Å². The summed E-state index contributed by atoms with van der Waals surface area (Å²) in [5, 5.41) is 31.7. The van der Waals surface area contributed by atoms with Crippen molar-refractivity contribution < 1.29 is 24.9 Å². The van der Waals surface area contributed by atoms with E-state index in [2.05, 4.69) is 10.4 Å². The molecule has 3 aliphatic heterocycles. The average molecular weight is 432 g/mol. The van der Waals surface area contributed by atoms with Gasteiger partial charge in [-0.15, -0.1) is 0 Å². The topological polar surface area (TPSA) is 147 Å². The average Bonchev–Trinajstić information content (AvgIpc) is 3.28. The minimum atomic E-state index is -1.26. The lowest BCUT2D eigenvalue weighted by atomic mass is 10.1. The number of nitrogens with one attached hydrogen (secondary N) is 1. The van der Waals surface area contributed by atoms with E-state index in [0.29, 0.717) is 18.1 Å². The molecule has 11 heteroatoms. The van der Waals surface area contributed by atoms with Crippen LogP contribution in [0.1, 0.15) is 18.9 Å². The molecule has 0 spiro atoms. The lowest BCUT2D eigenvalue weighted by Gasteiger charge is -2.34. The summed E-state index contributed by atoms with van der Waals surface area (Å²) in [5.74, 6) is 0.231. The van der Waals surface area contributed by atoms with Crippen molar-refractivity contribution >= 4 is 12.2 Å². The van der Waals surface area contributed by atoms with Crippen LogP contribution in [0, 0.1) is 0 Å². The number of benzene rings is 1. The third-order valence-corrected chi connectivity index (χ3v) is 5.66. The fraction of sp³-hybridized carbons (Fsp3) is 0.500. The largest absolute Gasteiger partial charge is 0.394 e. The number of carbonyl (C=O) groups is 1. The Kier molecular flexibility index (Phi) is 6.12. The van der Waals surface area contributed by atoms with Crippen molar-refractivity contribution in [3.05, 3.63) is 47.4 Å². The first-order valence-corrected chi connectivity index (χ1v) is 10.2. The highest BCUT2D eigenvalue weighted by Crippen LogP contribution is 2.35. The predicted octanol–water partition coefficient (Wildman–Crippen LogP) is -1.56. The molecule has 31 heavy (non-hydrogen) atoms. The summed E-state index contributed by atoms with van der Waals surface area (Å²) in [5.41, 5.74) is 11.0. The molecule has 168 valence electrons. The van der Waals surface area contributed by atoms with Crippen LogP contribution in [0.25, 0.3) is 0 Å². The molecule has 3 unspecified atom stereocenters. The third kappa shape index (κ3) is 3.98. The summed E-state index contributed by atoms with van der Waals surface area (Å²) in [6.07, 6.45) is -3.10. The van der Waals surface area contributed by atoms with E-state index in [-0.39, 0.29) is 19.0 Å². The summed E-state index contributed by atoms with van der Waals surface area (Å²) < 4.78 is 5.68. The van der Waals surface area contributed by atoms with E-state index < -0.39 is 37.3 Å². The molecule has 11 nitrogen and oxygen atoms in total. The standard InChI is InChI=1S/C20H28N6O5/c1-2-14(28)23-26-11-25(20-17(30)16(29)13(9-27)31-20)19-15(26)18(21)24(10-22-19)8-12-6-4-3-5-7-12/h3-7,10,13,16-18,20,27,29-30H,2,8-9,11,21H2,1H3,(H,23,28)/t13-,16?,17?,18?,20-/m1/s1. The van der Waals surface area contributed by atoms with E-state index in [1.807, 2.05) is 35.2 Å². The minimum Gasteiger partial charge on any atom is -0.394 e. The number of aliphatic hydroxyl groups is 3. The molecule has 1 aromatic carbocycles. The smallest absolute Gasteiger partial charge is 0.238 e. The number of hydrazine groups is 1. The summed E-state index contributed by atoms with van der Waals surface area (Å²) in [7, 11) is 0. The normalized spacial score (nSPS) is 30.2. The zero-order chi connectivity index (χ0) is 22.1. The van der Waals surface area contributed by atoms with Gasteiger partial charge in [0.05, 0.1) is 12.9 Å². The first-order valence-electron chi connectivity index (χ1n) is 10.2. The summed E-state index contributed by atoms with van der Waals surface area (Å²) in [6, 6.07) is 9.80. The molecule has 0 aliphatic carbocycles. The summed E-state index contributed by atoms with van der Waals surface area (Å²) >= 11 is 0. The van der Waals surface area contributed by atoms with Crippen molar-refractivity contribution in [2.24, 2.45) is 10.7 Å². The van der Waals surface area contributed by atoms with Crippen LogP contribution in [0.2, 0.25) is 0 Å². The lowest BCUT2D eigenvalue weighted by Crippen LogP contribution is -2.52. The maximum atomic E-state index is 12.1. The first-order chi connectivity index (χ1) is 14.9. The highest BCUT2D eigenvalue weighted by Gasteiger charge is 2.50. The molecule has 3 heterocycles. The molecular formula is C20H28N6O5. The second-order valence-electron chi connectivity index (χ2n) is 7.71. The van der Waals surface area contributed by atoms with Gasteiger partial charge in [0, 0.05) is 13.0 Å². The van der Waals surface area contributed by atoms with Gasteiger partial charge in [-0.3, -0.25) is 15.2 Å². The van der Waals surface area contributed by atoms with E-state index in [0.717, 1.165) is 5.56 Å². The molecule has 4 rings (SSSR count). The Labute approximate surface area is 180 Å². The maximum absolute atomic E-state index is 12.1. The Morgan fingerprint density at radius 1 is 1.29 bits per heavy atom. The SMILES string of the molecule is CCC(=O)NN1CN([C@@H]2O[C@H](CO)C(O)C2O)C2=C1C(N)N(Cc1ccccc1)C=N2. The number of nitrogens with zero attached hydrogens (tertiary/aromatic N) is 4. The Morgan fingerprint density at radius 3 is 2.68 bits per heavy atom. The molecule has 1 amide bonds. The van der Waals surface area contributed by atoms with Gasteiger partial charge in [0.15, 0.2) is 12.0 Å². The number of amides is 1. The van der Waals surface area contributed by atoms with Crippen LogP contribution in [0.3, 0.4) is 0 Å². The van der Waals surface area contributed by atoms with Gasteiger partial charge < -0.3 is 35.6 Å². The molecule has 5 atom stereocenters. The first kappa shape index (κ1) is 21.5. The molecule has 3 aliphatic rings. The number of ether oxygens (including phenoxy) is 1. The van der Waals surface area contributed by atoms with Crippen molar-refractivity contribution in [1.82, 2.24) is 20.2 Å². The Morgan fingerprint density at radius 2 is 2.03 bits per heavy atom. The molecule has 0 radical (unpaired) electrons. The van der Waals surface area contributed by atoms with E-state index in [9.17, 15) is 20.1 Å². The third-order valence-electron chi connectivity index (χ3n) is 5.66. The van der Waals surface area contributed by atoms with E-state index in [4.69, 9.17) is 10.5 Å². The lowest BCUT2D eigenvalue weighted by molar-refractivity contribution is -0.127. The van der Waals surface area contributed by atoms with Crippen molar-refractivity contribution in [2.75, 3.05) is 13.3 Å². The van der Waals surface area contributed by atoms with Crippen LogP contribution in [0.5, 0.6) is 0 Å². The number of hydrogen-bond acceptors (Lipinski definition) is 10. The van der Waals surface area contributed by atoms with Gasteiger partial charge in [-0.05, 0) is 5.56 Å². The highest BCUT2D eigenvalue weighted by molar-refractivity contribution is 5.75. The van der Waals surface area contributed by atoms with Gasteiger partial charge >= 0.3 is 0 Å². The van der Waals surface area contributed by atoms with Crippen molar-refractivity contribution in [1.29, 1.82) is 0 Å². The number of aliphatic hydroxyl groups excluding tert-OH is 3. The van der Waals surface area contributed by atoms with Gasteiger partial charge in [0.25, 0.3) is 0 Å². The van der Waals surface area contributed by atoms with E-state index in [1.165, 1.54) is 0 Å². The second kappa shape index (κ2) is 8.81. The molecule has 6 N–H and O–H groups in total. The molecule has 1 saturated heterocycles. The number of nitrogens with two attached hydrogens (primary N) is 1. The predicted molar refractivity (Wildman–Crippen MR) is 110 cm³/mol. The van der Waals surface area contributed by atoms with E-state index in [1.54, 1.807) is 23.2 Å². The van der Waals surface area contributed by atoms with Gasteiger partial charge in [-0.2, -0.15) is 0 Å². The minimum absolute atomic E-state index is 0.118. The van der Waals surface area contributed by atoms with Crippen LogP contribution in [-0.4, -0.2) is 86.4 Å². The Balaban J connectivity index is 1.61. The molecule has 0 saturated carbocycles. The maximum Gasteiger partial charge on any atom is 0.238 e. The fourth-order valence-corrected chi connectivity index (χ4v) is 3.95. The van der Waals surface area contributed by atoms with Crippen LogP contribution < -0.4 is 11.2 Å². The summed E-state index contributed by atoms with van der Waals surface area (Å²) in [6.45, 7) is 1.95. The number of aliphatic imine (C=N–C) groups is 1. The Hall–Kier alpha value is -2.70. The monoisotopic (exact) mass is 432 g/mol. The van der Waals surface area contributed by atoms with Gasteiger partial charge in [0.1, 0.15) is 36.8 Å². The number of hydrogen-bond donors (Lipinski definition) is 5. The van der Waals surface area contributed by atoms with Crippen LogP contribution in [-0.2, 0) is 16.1 Å². The van der Waals surface area contributed by atoms with Crippen molar-refractivity contribution in [2.45, 2.75) is 50.6 Å². The van der Waals surface area contributed by atoms with E-state index >= 15 is 0 Å². The van der Waals surface area contributed by atoms with Crippen molar-refractivity contribution in [3.8, 4) is 0 Å². The molecular weight excluding hydrogens is 404 g/mol. The van der Waals surface area contributed by atoms with Crippen LogP contribution >= 0.6 is 0 Å². The van der Waals surface area contributed by atoms with Gasteiger partial charge in [-0.25, -0.2) is 4.99 Å². The highest BCUT2D eigenvalue weighted by atomic mass is 16.6. The second-order valence-corrected chi connectivity index (χ2v) is 7.71. The van der Waals surface area contributed by atoms with Gasteiger partial charge in [0.2, 0.25) is 5.91 Å². The number of rotatable bonds is 6. The quantitative estimate of drug-likeness (QED) is 0.360. The van der Waals surface area contributed by atoms with Gasteiger partial charge in [-0.1, -0.05) is 37.3 Å².